The zero-order chi connectivity index (χ0) is 12.8. The molecule has 1 heterocycles. The third-order valence-corrected chi connectivity index (χ3v) is 3.81. The van der Waals surface area contributed by atoms with Gasteiger partial charge in [0, 0.05) is 17.5 Å². The molecule has 1 N–H and O–H groups in total. The van der Waals surface area contributed by atoms with Gasteiger partial charge in [0.15, 0.2) is 0 Å². The fourth-order valence-corrected chi connectivity index (χ4v) is 2.09. The molecule has 1 rings (SSSR count). The molecule has 1 unspecified atom stereocenters. The number of rotatable bonds is 5. The number of amides is 2. The second kappa shape index (κ2) is 6.64. The first-order chi connectivity index (χ1) is 8.04. The van der Waals surface area contributed by atoms with E-state index in [9.17, 15) is 4.79 Å². The van der Waals surface area contributed by atoms with Gasteiger partial charge in [-0.05, 0) is 31.2 Å². The van der Waals surface area contributed by atoms with Crippen molar-refractivity contribution in [1.82, 2.24) is 10.2 Å². The molecule has 0 saturated heterocycles. The summed E-state index contributed by atoms with van der Waals surface area (Å²) >= 11 is 1.69. The Bertz CT molecular complexity index is 335. The number of urea groups is 1. The molecule has 1 atom stereocenters. The summed E-state index contributed by atoms with van der Waals surface area (Å²) < 4.78 is 0. The Morgan fingerprint density at radius 1 is 1.47 bits per heavy atom. The predicted molar refractivity (Wildman–Crippen MR) is 73.2 cm³/mol. The van der Waals surface area contributed by atoms with Gasteiger partial charge in [-0.25, -0.2) is 4.79 Å². The Morgan fingerprint density at radius 3 is 2.65 bits per heavy atom. The van der Waals surface area contributed by atoms with E-state index in [4.69, 9.17) is 0 Å². The molecule has 0 aliphatic carbocycles. The number of carbonyl (C=O) groups is 1. The summed E-state index contributed by atoms with van der Waals surface area (Å²) in [4.78, 5) is 15.1. The molecule has 0 saturated carbocycles. The van der Waals surface area contributed by atoms with Gasteiger partial charge in [0.2, 0.25) is 0 Å². The second-order valence-electron chi connectivity index (χ2n) is 4.58. The van der Waals surface area contributed by atoms with Gasteiger partial charge >= 0.3 is 6.03 Å². The monoisotopic (exact) mass is 254 g/mol. The van der Waals surface area contributed by atoms with Gasteiger partial charge in [-0.2, -0.15) is 0 Å². The number of thiophene rings is 1. The van der Waals surface area contributed by atoms with Crippen LogP contribution in [0.25, 0.3) is 0 Å². The second-order valence-corrected chi connectivity index (χ2v) is 5.61. The van der Waals surface area contributed by atoms with Crippen molar-refractivity contribution < 1.29 is 4.79 Å². The normalized spacial score (nSPS) is 12.5. The van der Waals surface area contributed by atoms with Gasteiger partial charge in [-0.15, -0.1) is 11.3 Å². The molecule has 17 heavy (non-hydrogen) atoms. The van der Waals surface area contributed by atoms with E-state index in [2.05, 4.69) is 25.2 Å². The quantitative estimate of drug-likeness (QED) is 0.859. The first kappa shape index (κ1) is 14.0. The van der Waals surface area contributed by atoms with Crippen LogP contribution in [0.4, 0.5) is 4.79 Å². The van der Waals surface area contributed by atoms with E-state index >= 15 is 0 Å². The van der Waals surface area contributed by atoms with E-state index in [1.54, 1.807) is 11.3 Å². The van der Waals surface area contributed by atoms with Crippen molar-refractivity contribution in [3.63, 3.8) is 0 Å². The van der Waals surface area contributed by atoms with Crippen LogP contribution in [0.5, 0.6) is 0 Å². The Balaban J connectivity index is 2.52. The zero-order valence-corrected chi connectivity index (χ0v) is 11.9. The van der Waals surface area contributed by atoms with Crippen molar-refractivity contribution in [3.05, 3.63) is 22.4 Å². The Labute approximate surface area is 108 Å². The molecule has 0 aromatic carbocycles. The smallest absolute Gasteiger partial charge is 0.317 e. The summed E-state index contributed by atoms with van der Waals surface area (Å²) in [5.41, 5.74) is 0. The highest BCUT2D eigenvalue weighted by Crippen LogP contribution is 2.12. The zero-order valence-electron chi connectivity index (χ0n) is 11.1. The average molecular weight is 254 g/mol. The van der Waals surface area contributed by atoms with Crippen LogP contribution in [0, 0.1) is 5.92 Å². The van der Waals surface area contributed by atoms with Crippen molar-refractivity contribution in [2.45, 2.75) is 40.3 Å². The van der Waals surface area contributed by atoms with Gasteiger partial charge in [0.1, 0.15) is 0 Å². The molecule has 96 valence electrons. The van der Waals surface area contributed by atoms with Gasteiger partial charge in [0.05, 0.1) is 6.54 Å². The maximum Gasteiger partial charge on any atom is 0.317 e. The van der Waals surface area contributed by atoms with E-state index in [0.29, 0.717) is 12.5 Å². The lowest BCUT2D eigenvalue weighted by molar-refractivity contribution is 0.192. The molecule has 1 aromatic rings. The van der Waals surface area contributed by atoms with Gasteiger partial charge in [0.25, 0.3) is 0 Å². The highest BCUT2D eigenvalue weighted by Gasteiger charge is 2.16. The van der Waals surface area contributed by atoms with E-state index < -0.39 is 0 Å². The van der Waals surface area contributed by atoms with Gasteiger partial charge in [-0.1, -0.05) is 19.9 Å². The number of hydrogen-bond acceptors (Lipinski definition) is 2. The first-order valence-corrected chi connectivity index (χ1v) is 7.00. The van der Waals surface area contributed by atoms with Crippen LogP contribution >= 0.6 is 11.3 Å². The van der Waals surface area contributed by atoms with Crippen LogP contribution in [0.2, 0.25) is 0 Å². The fourth-order valence-electron chi connectivity index (χ4n) is 1.37. The molecule has 0 bridgehead atoms. The average Bonchev–Trinajstić information content (AvgIpc) is 2.78. The van der Waals surface area contributed by atoms with E-state index in [0.717, 1.165) is 6.54 Å². The Hall–Kier alpha value is -1.03. The van der Waals surface area contributed by atoms with E-state index in [-0.39, 0.29) is 12.1 Å². The standard InChI is InChI=1S/C13H22N2OS/c1-5-15(9-12-7-6-8-17-12)13(16)14-11(4)10(2)3/h6-8,10-11H,5,9H2,1-4H3,(H,14,16). The maximum atomic E-state index is 12.0. The molecular weight excluding hydrogens is 232 g/mol. The van der Waals surface area contributed by atoms with Gasteiger partial charge < -0.3 is 10.2 Å². The van der Waals surface area contributed by atoms with E-state index in [1.165, 1.54) is 4.88 Å². The van der Waals surface area contributed by atoms with Crippen molar-refractivity contribution in [3.8, 4) is 0 Å². The highest BCUT2D eigenvalue weighted by atomic mass is 32.1. The van der Waals surface area contributed by atoms with Crippen LogP contribution in [0.15, 0.2) is 17.5 Å². The van der Waals surface area contributed by atoms with Crippen molar-refractivity contribution >= 4 is 17.4 Å². The minimum atomic E-state index is 0.0297. The SMILES string of the molecule is CCN(Cc1cccs1)C(=O)NC(C)C(C)C. The van der Waals surface area contributed by atoms with Crippen molar-refractivity contribution in [2.75, 3.05) is 6.54 Å². The molecule has 0 radical (unpaired) electrons. The summed E-state index contributed by atoms with van der Waals surface area (Å²) in [6.45, 7) is 9.70. The topological polar surface area (TPSA) is 32.3 Å². The van der Waals surface area contributed by atoms with Crippen LogP contribution in [0.3, 0.4) is 0 Å². The maximum absolute atomic E-state index is 12.0. The Kier molecular flexibility index (Phi) is 5.48. The summed E-state index contributed by atoms with van der Waals surface area (Å²) in [6, 6.07) is 4.32. The largest absolute Gasteiger partial charge is 0.335 e. The lowest BCUT2D eigenvalue weighted by Gasteiger charge is -2.25. The minimum absolute atomic E-state index is 0.0297. The lowest BCUT2D eigenvalue weighted by atomic mass is 10.1. The summed E-state index contributed by atoms with van der Waals surface area (Å²) in [5.74, 6) is 0.458. The third kappa shape index (κ3) is 4.38. The van der Waals surface area contributed by atoms with Crippen LogP contribution < -0.4 is 5.32 Å². The lowest BCUT2D eigenvalue weighted by Crippen LogP contribution is -2.45. The fraction of sp³-hybridized carbons (Fsp3) is 0.615. The number of nitrogens with one attached hydrogen (secondary N) is 1. The van der Waals surface area contributed by atoms with Crippen molar-refractivity contribution in [2.24, 2.45) is 5.92 Å². The summed E-state index contributed by atoms with van der Waals surface area (Å²) in [6.07, 6.45) is 0. The molecular formula is C13H22N2OS. The molecule has 0 fully saturated rings. The molecule has 4 heteroatoms. The number of nitrogens with zero attached hydrogens (tertiary/aromatic N) is 1. The molecule has 3 nitrogen and oxygen atoms in total. The molecule has 0 aliphatic rings. The molecule has 0 spiro atoms. The van der Waals surface area contributed by atoms with Gasteiger partial charge in [-0.3, -0.25) is 0 Å². The molecule has 1 aromatic heterocycles. The molecule has 0 aliphatic heterocycles. The summed E-state index contributed by atoms with van der Waals surface area (Å²) in [7, 11) is 0. The minimum Gasteiger partial charge on any atom is -0.335 e. The van der Waals surface area contributed by atoms with Crippen LogP contribution in [-0.4, -0.2) is 23.5 Å². The van der Waals surface area contributed by atoms with Crippen LogP contribution in [-0.2, 0) is 6.54 Å². The first-order valence-electron chi connectivity index (χ1n) is 6.12. The number of carbonyl (C=O) groups excluding carboxylic acids is 1. The third-order valence-electron chi connectivity index (χ3n) is 2.95. The predicted octanol–water partition coefficient (Wildman–Crippen LogP) is 3.32. The van der Waals surface area contributed by atoms with Crippen molar-refractivity contribution in [1.29, 1.82) is 0 Å². The number of hydrogen-bond donors (Lipinski definition) is 1. The highest BCUT2D eigenvalue weighted by molar-refractivity contribution is 7.09. The van der Waals surface area contributed by atoms with E-state index in [1.807, 2.05) is 30.2 Å². The summed E-state index contributed by atoms with van der Waals surface area (Å²) in [5, 5.41) is 5.07. The molecule has 2 amide bonds. The Morgan fingerprint density at radius 2 is 2.18 bits per heavy atom. The van der Waals surface area contributed by atoms with Crippen LogP contribution in [0.1, 0.15) is 32.6 Å².